The van der Waals surface area contributed by atoms with E-state index in [4.69, 9.17) is 4.42 Å². The molecule has 2 heterocycles. The molecule has 0 aliphatic heterocycles. The zero-order chi connectivity index (χ0) is 28.8. The first-order valence-electron chi connectivity index (χ1n) is 15.4. The monoisotopic (exact) mass is 561 g/mol. The number of aromatic nitrogens is 1. The Morgan fingerprint density at radius 1 is 0.591 bits per heavy atom. The molecule has 0 amide bonds. The van der Waals surface area contributed by atoms with Crippen LogP contribution in [0.5, 0.6) is 0 Å². The molecule has 6 aromatic carbocycles. The minimum Gasteiger partial charge on any atom is -0.455 e. The van der Waals surface area contributed by atoms with Crippen LogP contribution in [0.15, 0.2) is 150 Å². The first-order valence-corrected chi connectivity index (χ1v) is 15.4. The van der Waals surface area contributed by atoms with Gasteiger partial charge in [0.2, 0.25) is 0 Å². The van der Waals surface area contributed by atoms with Crippen LogP contribution in [0.25, 0.3) is 77.3 Å². The van der Waals surface area contributed by atoms with E-state index >= 15 is 0 Å². The third-order valence-corrected chi connectivity index (χ3v) is 9.75. The first kappa shape index (κ1) is 23.9. The molecule has 2 aliphatic carbocycles. The summed E-state index contributed by atoms with van der Waals surface area (Å²) in [4.78, 5) is 0. The van der Waals surface area contributed by atoms with Gasteiger partial charge >= 0.3 is 0 Å². The molecule has 0 bridgehead atoms. The number of allylic oxidation sites excluding steroid dienone is 4. The van der Waals surface area contributed by atoms with Crippen molar-refractivity contribution in [3.63, 3.8) is 0 Å². The van der Waals surface area contributed by atoms with Crippen molar-refractivity contribution in [3.8, 4) is 27.9 Å². The zero-order valence-electron chi connectivity index (χ0n) is 24.0. The van der Waals surface area contributed by atoms with Gasteiger partial charge in [-0.15, -0.1) is 0 Å². The number of fused-ring (bicyclic) bond motifs is 12. The van der Waals surface area contributed by atoms with Crippen LogP contribution in [0.2, 0.25) is 0 Å². The number of benzene rings is 6. The van der Waals surface area contributed by atoms with E-state index in [1.807, 2.05) is 6.07 Å². The molecular weight excluding hydrogens is 534 g/mol. The predicted octanol–water partition coefficient (Wildman–Crippen LogP) is 11.5. The van der Waals surface area contributed by atoms with E-state index in [1.165, 1.54) is 55.3 Å². The average Bonchev–Trinajstić information content (AvgIpc) is 3.64. The van der Waals surface area contributed by atoms with Gasteiger partial charge in [0.1, 0.15) is 11.2 Å². The number of hydrogen-bond acceptors (Lipinski definition) is 1. The van der Waals surface area contributed by atoms with Crippen molar-refractivity contribution in [1.82, 2.24) is 4.57 Å². The fraction of sp³-hybridized carbons (Fsp3) is 0.0476. The molecule has 0 spiro atoms. The largest absolute Gasteiger partial charge is 0.455 e. The van der Waals surface area contributed by atoms with Gasteiger partial charge in [0.05, 0.1) is 16.7 Å². The second kappa shape index (κ2) is 8.95. The zero-order valence-corrected chi connectivity index (χ0v) is 24.0. The number of para-hydroxylation sites is 3. The van der Waals surface area contributed by atoms with Crippen LogP contribution in [-0.2, 0) is 0 Å². The van der Waals surface area contributed by atoms with Gasteiger partial charge in [-0.25, -0.2) is 0 Å². The Morgan fingerprint density at radius 2 is 1.34 bits per heavy atom. The highest BCUT2D eigenvalue weighted by atomic mass is 16.3. The highest BCUT2D eigenvalue weighted by Gasteiger charge is 2.31. The van der Waals surface area contributed by atoms with Crippen molar-refractivity contribution in [2.75, 3.05) is 0 Å². The number of hydrogen-bond donors (Lipinski definition) is 0. The fourth-order valence-corrected chi connectivity index (χ4v) is 7.85. The number of furan rings is 1. The Labute approximate surface area is 254 Å². The number of rotatable bonds is 2. The van der Waals surface area contributed by atoms with Crippen molar-refractivity contribution >= 4 is 49.3 Å². The van der Waals surface area contributed by atoms with Gasteiger partial charge in [-0.1, -0.05) is 115 Å². The molecule has 2 aliphatic rings. The Morgan fingerprint density at radius 3 is 2.32 bits per heavy atom. The summed E-state index contributed by atoms with van der Waals surface area (Å²) in [6, 6.07) is 46.4. The van der Waals surface area contributed by atoms with Crippen LogP contribution < -0.4 is 0 Å². The summed E-state index contributed by atoms with van der Waals surface area (Å²) in [6.45, 7) is 0. The van der Waals surface area contributed by atoms with Crippen LogP contribution >= 0.6 is 0 Å². The van der Waals surface area contributed by atoms with Crippen molar-refractivity contribution in [2.24, 2.45) is 0 Å². The van der Waals surface area contributed by atoms with E-state index in [2.05, 4.69) is 144 Å². The molecule has 0 N–H and O–H groups in total. The molecule has 206 valence electrons. The Bertz CT molecular complexity index is 2540. The maximum atomic E-state index is 6.44. The van der Waals surface area contributed by atoms with E-state index < -0.39 is 0 Å². The lowest BCUT2D eigenvalue weighted by atomic mass is 9.72. The molecule has 0 saturated heterocycles. The molecule has 8 aromatic rings. The maximum Gasteiger partial charge on any atom is 0.143 e. The minimum atomic E-state index is 0.403. The normalized spacial score (nSPS) is 15.5. The van der Waals surface area contributed by atoms with Gasteiger partial charge in [0.15, 0.2) is 0 Å². The summed E-state index contributed by atoms with van der Waals surface area (Å²) in [5, 5.41) is 4.80. The summed E-state index contributed by atoms with van der Waals surface area (Å²) in [6.07, 6.45) is 7.89. The van der Waals surface area contributed by atoms with Crippen LogP contribution in [0.3, 0.4) is 0 Å². The molecule has 0 radical (unpaired) electrons. The van der Waals surface area contributed by atoms with Crippen LogP contribution in [-0.4, -0.2) is 4.57 Å². The Kier molecular flexibility index (Phi) is 4.86. The summed E-state index contributed by atoms with van der Waals surface area (Å²) in [7, 11) is 0. The minimum absolute atomic E-state index is 0.403. The highest BCUT2D eigenvalue weighted by molar-refractivity contribution is 6.14. The maximum absolute atomic E-state index is 6.44. The van der Waals surface area contributed by atoms with Gasteiger partial charge < -0.3 is 8.98 Å². The van der Waals surface area contributed by atoms with E-state index in [1.54, 1.807) is 0 Å². The standard InChI is InChI=1S/C42H27NO/c1-2-12-30-28(11-1)29-13-3-4-16-33(29)41-34(30)18-10-21-39(41)43-37-20-7-5-14-31(37)36-25-26(23-24-38(36)43)27-17-9-19-35-32-15-6-8-22-40(32)44-42(27)35/h1-10,12-25,28H,11H2. The fourth-order valence-electron chi connectivity index (χ4n) is 7.85. The van der Waals surface area contributed by atoms with Crippen molar-refractivity contribution in [1.29, 1.82) is 0 Å². The van der Waals surface area contributed by atoms with Crippen LogP contribution in [0.1, 0.15) is 23.5 Å². The topological polar surface area (TPSA) is 18.1 Å². The van der Waals surface area contributed by atoms with Crippen molar-refractivity contribution in [2.45, 2.75) is 12.3 Å². The molecule has 1 unspecified atom stereocenters. The second-order valence-corrected chi connectivity index (χ2v) is 12.0. The molecule has 2 aromatic heterocycles. The molecule has 2 nitrogen and oxygen atoms in total. The molecule has 44 heavy (non-hydrogen) atoms. The molecule has 0 saturated carbocycles. The van der Waals surface area contributed by atoms with Crippen LogP contribution in [0.4, 0.5) is 0 Å². The predicted molar refractivity (Wildman–Crippen MR) is 183 cm³/mol. The van der Waals surface area contributed by atoms with Crippen molar-refractivity contribution in [3.05, 3.63) is 157 Å². The van der Waals surface area contributed by atoms with E-state index in [-0.39, 0.29) is 0 Å². The van der Waals surface area contributed by atoms with E-state index in [0.29, 0.717) is 5.92 Å². The lowest BCUT2D eigenvalue weighted by molar-refractivity contribution is 0.670. The highest BCUT2D eigenvalue weighted by Crippen LogP contribution is 2.52. The summed E-state index contributed by atoms with van der Waals surface area (Å²) in [5.74, 6) is 0.403. The Hall–Kier alpha value is -5.60. The van der Waals surface area contributed by atoms with Gasteiger partial charge in [0, 0.05) is 38.6 Å². The van der Waals surface area contributed by atoms with E-state index in [9.17, 15) is 0 Å². The molecular formula is C42H27NO. The summed E-state index contributed by atoms with van der Waals surface area (Å²) < 4.78 is 8.91. The molecule has 10 rings (SSSR count). The third kappa shape index (κ3) is 3.20. The molecule has 1 atom stereocenters. The van der Waals surface area contributed by atoms with E-state index in [0.717, 1.165) is 39.5 Å². The smallest absolute Gasteiger partial charge is 0.143 e. The van der Waals surface area contributed by atoms with Crippen molar-refractivity contribution < 1.29 is 4.42 Å². The lowest BCUT2D eigenvalue weighted by Gasteiger charge is -2.33. The Balaban J connectivity index is 1.25. The molecule has 0 fully saturated rings. The average molecular weight is 562 g/mol. The number of nitrogens with zero attached hydrogens (tertiary/aromatic N) is 1. The summed E-state index contributed by atoms with van der Waals surface area (Å²) >= 11 is 0. The molecule has 2 heteroatoms. The first-order chi connectivity index (χ1) is 21.8. The van der Waals surface area contributed by atoms with Gasteiger partial charge in [0.25, 0.3) is 0 Å². The van der Waals surface area contributed by atoms with Gasteiger partial charge in [-0.05, 0) is 64.6 Å². The quantitative estimate of drug-likeness (QED) is 0.205. The van der Waals surface area contributed by atoms with Gasteiger partial charge in [-0.2, -0.15) is 0 Å². The third-order valence-electron chi connectivity index (χ3n) is 9.75. The second-order valence-electron chi connectivity index (χ2n) is 12.0. The van der Waals surface area contributed by atoms with Crippen LogP contribution in [0, 0.1) is 0 Å². The lowest BCUT2D eigenvalue weighted by Crippen LogP contribution is -2.13. The van der Waals surface area contributed by atoms with Gasteiger partial charge in [-0.3, -0.25) is 0 Å². The summed E-state index contributed by atoms with van der Waals surface area (Å²) in [5.41, 5.74) is 14.6. The SMILES string of the molecule is C1=CCC2C(=C1)c1cccc(-n3c4ccccc4c4cc(-c5cccc6c5oc5ccccc56)ccc43)c1-c1ccccc12.